The molecule has 2 aliphatic rings. The highest BCUT2D eigenvalue weighted by atomic mass is 15.2. The van der Waals surface area contributed by atoms with Crippen LogP contribution in [0.25, 0.3) is 0 Å². The maximum absolute atomic E-state index is 3.83. The van der Waals surface area contributed by atoms with E-state index in [4.69, 9.17) is 0 Å². The van der Waals surface area contributed by atoms with Gasteiger partial charge in [-0.2, -0.15) is 0 Å². The van der Waals surface area contributed by atoms with E-state index >= 15 is 0 Å². The van der Waals surface area contributed by atoms with Gasteiger partial charge in [0, 0.05) is 31.7 Å². The highest BCUT2D eigenvalue weighted by Crippen LogP contribution is 2.34. The van der Waals surface area contributed by atoms with Crippen molar-refractivity contribution in [1.82, 2.24) is 10.2 Å². The maximum Gasteiger partial charge on any atom is 0.0198 e. The molecule has 2 fully saturated rings. The zero-order valence-electron chi connectivity index (χ0n) is 13.7. The van der Waals surface area contributed by atoms with Gasteiger partial charge in [-0.3, -0.25) is 4.90 Å². The van der Waals surface area contributed by atoms with Gasteiger partial charge in [-0.05, 0) is 36.5 Å². The van der Waals surface area contributed by atoms with E-state index in [9.17, 15) is 0 Å². The molecule has 0 aromatic rings. The fourth-order valence-corrected chi connectivity index (χ4v) is 3.60. The lowest BCUT2D eigenvalue weighted by atomic mass is 9.78. The van der Waals surface area contributed by atoms with Crippen LogP contribution in [0.4, 0.5) is 0 Å². The molecule has 112 valence electrons. The van der Waals surface area contributed by atoms with Crippen LogP contribution in [-0.2, 0) is 0 Å². The Bertz CT molecular complexity index is 281. The van der Waals surface area contributed by atoms with Gasteiger partial charge in [-0.25, -0.2) is 0 Å². The van der Waals surface area contributed by atoms with Crippen LogP contribution < -0.4 is 5.32 Å². The first-order chi connectivity index (χ1) is 8.89. The average Bonchev–Trinajstić information content (AvgIpc) is 2.33. The van der Waals surface area contributed by atoms with Crippen molar-refractivity contribution >= 4 is 0 Å². The van der Waals surface area contributed by atoms with Gasteiger partial charge >= 0.3 is 0 Å². The SMILES string of the molecule is CCC1CC(NCC(C)(C)C)CN(C2CCC2C)C1. The summed E-state index contributed by atoms with van der Waals surface area (Å²) in [5, 5.41) is 3.83. The Balaban J connectivity index is 1.88. The van der Waals surface area contributed by atoms with Gasteiger partial charge in [0.1, 0.15) is 0 Å². The number of piperidine rings is 1. The third-order valence-corrected chi connectivity index (χ3v) is 5.11. The van der Waals surface area contributed by atoms with Gasteiger partial charge in [-0.15, -0.1) is 0 Å². The van der Waals surface area contributed by atoms with Crippen molar-refractivity contribution in [2.45, 2.75) is 72.4 Å². The highest BCUT2D eigenvalue weighted by Gasteiger charge is 2.37. The second kappa shape index (κ2) is 6.13. The summed E-state index contributed by atoms with van der Waals surface area (Å²) in [6.45, 7) is 15.5. The van der Waals surface area contributed by atoms with Crippen LogP contribution in [0.15, 0.2) is 0 Å². The van der Waals surface area contributed by atoms with Crippen molar-refractivity contribution in [1.29, 1.82) is 0 Å². The van der Waals surface area contributed by atoms with Crippen molar-refractivity contribution in [2.24, 2.45) is 17.3 Å². The molecule has 4 unspecified atom stereocenters. The summed E-state index contributed by atoms with van der Waals surface area (Å²) in [6, 6.07) is 1.60. The van der Waals surface area contributed by atoms with E-state index in [2.05, 4.69) is 44.8 Å². The summed E-state index contributed by atoms with van der Waals surface area (Å²) in [4.78, 5) is 2.80. The summed E-state index contributed by atoms with van der Waals surface area (Å²) in [5.41, 5.74) is 0.397. The molecule has 0 amide bonds. The van der Waals surface area contributed by atoms with Gasteiger partial charge in [0.2, 0.25) is 0 Å². The zero-order valence-corrected chi connectivity index (χ0v) is 13.7. The van der Waals surface area contributed by atoms with Crippen molar-refractivity contribution < 1.29 is 0 Å². The quantitative estimate of drug-likeness (QED) is 0.837. The molecule has 19 heavy (non-hydrogen) atoms. The Morgan fingerprint density at radius 3 is 2.37 bits per heavy atom. The molecule has 0 radical (unpaired) electrons. The Morgan fingerprint density at radius 2 is 1.89 bits per heavy atom. The predicted molar refractivity (Wildman–Crippen MR) is 83.4 cm³/mol. The topological polar surface area (TPSA) is 15.3 Å². The van der Waals surface area contributed by atoms with Crippen molar-refractivity contribution in [3.8, 4) is 0 Å². The smallest absolute Gasteiger partial charge is 0.0198 e. The van der Waals surface area contributed by atoms with E-state index in [0.717, 1.165) is 24.4 Å². The highest BCUT2D eigenvalue weighted by molar-refractivity contribution is 4.93. The molecule has 1 saturated heterocycles. The Labute approximate surface area is 120 Å². The average molecular weight is 266 g/mol. The van der Waals surface area contributed by atoms with Crippen molar-refractivity contribution in [3.05, 3.63) is 0 Å². The van der Waals surface area contributed by atoms with Crippen LogP contribution in [0.1, 0.15) is 60.3 Å². The minimum absolute atomic E-state index is 0.397. The fourth-order valence-electron chi connectivity index (χ4n) is 3.60. The first kappa shape index (κ1) is 15.3. The molecule has 0 spiro atoms. The molecule has 2 rings (SSSR count). The van der Waals surface area contributed by atoms with Gasteiger partial charge in [0.15, 0.2) is 0 Å². The van der Waals surface area contributed by atoms with E-state index in [1.165, 1.54) is 38.8 Å². The molecule has 1 heterocycles. The molecule has 0 aromatic heterocycles. The van der Waals surface area contributed by atoms with Crippen LogP contribution >= 0.6 is 0 Å². The second-order valence-electron chi connectivity index (χ2n) is 8.22. The molecule has 2 nitrogen and oxygen atoms in total. The Morgan fingerprint density at radius 1 is 1.16 bits per heavy atom. The molecule has 2 heteroatoms. The predicted octanol–water partition coefficient (Wildman–Crippen LogP) is 3.52. The molecular formula is C17H34N2. The molecule has 1 saturated carbocycles. The van der Waals surface area contributed by atoms with Gasteiger partial charge in [-0.1, -0.05) is 41.0 Å². The molecule has 1 aliphatic carbocycles. The van der Waals surface area contributed by atoms with Crippen LogP contribution in [0.3, 0.4) is 0 Å². The van der Waals surface area contributed by atoms with E-state index < -0.39 is 0 Å². The van der Waals surface area contributed by atoms with Gasteiger partial charge < -0.3 is 5.32 Å². The largest absolute Gasteiger partial charge is 0.312 e. The van der Waals surface area contributed by atoms with E-state index in [1.807, 2.05) is 0 Å². The van der Waals surface area contributed by atoms with E-state index in [0.29, 0.717) is 11.5 Å². The molecule has 1 aliphatic heterocycles. The maximum atomic E-state index is 3.83. The van der Waals surface area contributed by atoms with E-state index in [-0.39, 0.29) is 0 Å². The molecule has 4 atom stereocenters. The van der Waals surface area contributed by atoms with Crippen LogP contribution in [0.5, 0.6) is 0 Å². The summed E-state index contributed by atoms with van der Waals surface area (Å²) >= 11 is 0. The normalized spacial score (nSPS) is 37.1. The third kappa shape index (κ3) is 4.19. The summed E-state index contributed by atoms with van der Waals surface area (Å²) in [5.74, 6) is 1.83. The Kier molecular flexibility index (Phi) is 4.94. The van der Waals surface area contributed by atoms with Crippen LogP contribution in [-0.4, -0.2) is 36.6 Å². The number of nitrogens with one attached hydrogen (secondary N) is 1. The second-order valence-corrected chi connectivity index (χ2v) is 8.22. The van der Waals surface area contributed by atoms with E-state index in [1.54, 1.807) is 0 Å². The number of likely N-dealkylation sites (tertiary alicyclic amines) is 1. The minimum Gasteiger partial charge on any atom is -0.312 e. The standard InChI is InChI=1S/C17H34N2/c1-6-14-9-15(18-12-17(3,4)5)11-19(10-14)16-8-7-13(16)2/h13-16,18H,6-12H2,1-5H3. The molecule has 0 bridgehead atoms. The minimum atomic E-state index is 0.397. The lowest BCUT2D eigenvalue weighted by molar-refractivity contribution is 0.0209. The fraction of sp³-hybridized carbons (Fsp3) is 1.00. The summed E-state index contributed by atoms with van der Waals surface area (Å²) in [7, 11) is 0. The Hall–Kier alpha value is -0.0800. The molecule has 1 N–H and O–H groups in total. The summed E-state index contributed by atoms with van der Waals surface area (Å²) < 4.78 is 0. The number of hydrogen-bond acceptors (Lipinski definition) is 2. The van der Waals surface area contributed by atoms with Crippen molar-refractivity contribution in [2.75, 3.05) is 19.6 Å². The first-order valence-electron chi connectivity index (χ1n) is 8.36. The number of nitrogens with zero attached hydrogens (tertiary/aromatic N) is 1. The monoisotopic (exact) mass is 266 g/mol. The molecular weight excluding hydrogens is 232 g/mol. The molecule has 0 aromatic carbocycles. The third-order valence-electron chi connectivity index (χ3n) is 5.11. The first-order valence-corrected chi connectivity index (χ1v) is 8.36. The van der Waals surface area contributed by atoms with Crippen LogP contribution in [0.2, 0.25) is 0 Å². The van der Waals surface area contributed by atoms with Gasteiger partial charge in [0.05, 0.1) is 0 Å². The lowest BCUT2D eigenvalue weighted by Crippen LogP contribution is -2.57. The lowest BCUT2D eigenvalue weighted by Gasteiger charge is -2.48. The van der Waals surface area contributed by atoms with Gasteiger partial charge in [0.25, 0.3) is 0 Å². The zero-order chi connectivity index (χ0) is 14.0. The van der Waals surface area contributed by atoms with Crippen molar-refractivity contribution in [3.63, 3.8) is 0 Å². The number of hydrogen-bond donors (Lipinski definition) is 1. The summed E-state index contributed by atoms with van der Waals surface area (Å²) in [6.07, 6.45) is 5.59. The van der Waals surface area contributed by atoms with Crippen LogP contribution in [0, 0.1) is 17.3 Å². The number of rotatable bonds is 4.